The SMILES string of the molecule is [CH2-]C.[CH3-].[CH3-].[CH3-].[Ti+4]. The molecule has 0 saturated carbocycles. The van der Waals surface area contributed by atoms with Crippen molar-refractivity contribution in [1.29, 1.82) is 0 Å². The van der Waals surface area contributed by atoms with Crippen LogP contribution in [0, 0.1) is 29.2 Å². The van der Waals surface area contributed by atoms with Crippen LogP contribution in [0.1, 0.15) is 6.92 Å². The van der Waals surface area contributed by atoms with E-state index in [1.54, 1.807) is 6.92 Å². The van der Waals surface area contributed by atoms with E-state index in [2.05, 4.69) is 6.92 Å². The topological polar surface area (TPSA) is 0 Å². The molecule has 0 aliphatic rings. The summed E-state index contributed by atoms with van der Waals surface area (Å²) in [5, 5.41) is 0. The second-order valence-electron chi connectivity index (χ2n) is 0. The van der Waals surface area contributed by atoms with Crippen LogP contribution in [0.15, 0.2) is 0 Å². The molecule has 0 fully saturated rings. The molecule has 0 atom stereocenters. The van der Waals surface area contributed by atoms with Crippen LogP contribution in [0.5, 0.6) is 0 Å². The van der Waals surface area contributed by atoms with E-state index in [1.165, 1.54) is 0 Å². The van der Waals surface area contributed by atoms with E-state index in [-0.39, 0.29) is 44.0 Å². The minimum atomic E-state index is 0. The van der Waals surface area contributed by atoms with Crippen LogP contribution in [0.4, 0.5) is 0 Å². The predicted molar refractivity (Wildman–Crippen MR) is 30.3 cm³/mol. The van der Waals surface area contributed by atoms with Crippen LogP contribution in [0.2, 0.25) is 0 Å². The quantitative estimate of drug-likeness (QED) is 0.341. The van der Waals surface area contributed by atoms with Gasteiger partial charge >= 0.3 is 21.7 Å². The van der Waals surface area contributed by atoms with Crippen LogP contribution in [-0.2, 0) is 21.7 Å². The molecule has 0 heterocycles. The van der Waals surface area contributed by atoms with Crippen LogP contribution < -0.4 is 0 Å². The summed E-state index contributed by atoms with van der Waals surface area (Å²) < 4.78 is 0. The average Bonchev–Trinajstić information content (AvgIpc) is 1.00. The maximum absolute atomic E-state index is 3.25. The fourth-order valence-corrected chi connectivity index (χ4v) is 0. The fraction of sp³-hybridized carbons (Fsp3) is 0.200. The van der Waals surface area contributed by atoms with Crippen molar-refractivity contribution in [3.63, 3.8) is 0 Å². The van der Waals surface area contributed by atoms with E-state index in [1.807, 2.05) is 0 Å². The Balaban J connectivity index is -0.000000000833. The van der Waals surface area contributed by atoms with Gasteiger partial charge in [-0.25, -0.2) is 0 Å². The predicted octanol–water partition coefficient (Wildman–Crippen LogP) is 2.19. The molecule has 0 nitrogen and oxygen atoms in total. The van der Waals surface area contributed by atoms with Gasteiger partial charge in [0.25, 0.3) is 0 Å². The Hall–Kier alpha value is 0.714. The van der Waals surface area contributed by atoms with Crippen LogP contribution >= 0.6 is 0 Å². The molecule has 0 unspecified atom stereocenters. The Labute approximate surface area is 58.2 Å². The van der Waals surface area contributed by atoms with Gasteiger partial charge in [0.2, 0.25) is 0 Å². The van der Waals surface area contributed by atoms with Crippen molar-refractivity contribution in [3.8, 4) is 0 Å². The van der Waals surface area contributed by atoms with Gasteiger partial charge in [-0.1, -0.05) is 0 Å². The molecule has 0 saturated heterocycles. The second kappa shape index (κ2) is 249. The van der Waals surface area contributed by atoms with E-state index in [4.69, 9.17) is 0 Å². The van der Waals surface area contributed by atoms with Gasteiger partial charge in [0.15, 0.2) is 0 Å². The molecule has 0 aliphatic carbocycles. The molecule has 0 aromatic rings. The molecule has 0 rings (SSSR count). The van der Waals surface area contributed by atoms with Gasteiger partial charge in [0.1, 0.15) is 0 Å². The third kappa shape index (κ3) is 127. The van der Waals surface area contributed by atoms with E-state index in [0.29, 0.717) is 0 Å². The van der Waals surface area contributed by atoms with Gasteiger partial charge in [-0.3, -0.25) is 0 Å². The maximum atomic E-state index is 3.25. The number of hydrogen-bond acceptors (Lipinski definition) is 0. The first kappa shape index (κ1) is 74.6. The Bertz CT molecular complexity index is 3.90. The van der Waals surface area contributed by atoms with Gasteiger partial charge in [-0.2, -0.15) is 6.92 Å². The largest absolute Gasteiger partial charge is 4.00 e. The van der Waals surface area contributed by atoms with E-state index < -0.39 is 0 Å². The third-order valence-electron chi connectivity index (χ3n) is 0. The van der Waals surface area contributed by atoms with Gasteiger partial charge in [-0.05, 0) is 0 Å². The Morgan fingerprint density at radius 2 is 0.833 bits per heavy atom. The van der Waals surface area contributed by atoms with Gasteiger partial charge in [-0.15, -0.1) is 0 Å². The molecule has 6 heavy (non-hydrogen) atoms. The molecule has 1 heteroatoms. The molecule has 0 amide bonds. The molecule has 38 valence electrons. The molecule has 0 aromatic carbocycles. The molecular weight excluding hydrogens is 108 g/mol. The Morgan fingerprint density at radius 3 is 0.833 bits per heavy atom. The molecule has 0 N–H and O–H groups in total. The minimum absolute atomic E-state index is 0. The van der Waals surface area contributed by atoms with Crippen molar-refractivity contribution in [2.45, 2.75) is 6.92 Å². The summed E-state index contributed by atoms with van der Waals surface area (Å²) in [6.07, 6.45) is 0. The first-order valence-electron chi connectivity index (χ1n) is 0.707. The number of hydrogen-bond donors (Lipinski definition) is 0. The monoisotopic (exact) mass is 122 g/mol. The smallest absolute Gasteiger partial charge is 0.358 e. The Morgan fingerprint density at radius 1 is 0.833 bits per heavy atom. The summed E-state index contributed by atoms with van der Waals surface area (Å²) in [5.41, 5.74) is 0. The first-order chi connectivity index (χ1) is 1.00. The molecule has 0 bridgehead atoms. The fourth-order valence-electron chi connectivity index (χ4n) is 0. The Kier molecular flexibility index (Phi) is 3090. The van der Waals surface area contributed by atoms with Crippen molar-refractivity contribution in [1.82, 2.24) is 0 Å². The zero-order valence-corrected chi connectivity index (χ0v) is 6.77. The third-order valence-corrected chi connectivity index (χ3v) is 0. The summed E-state index contributed by atoms with van der Waals surface area (Å²) in [6.45, 7) is 5.00. The van der Waals surface area contributed by atoms with E-state index in [0.717, 1.165) is 0 Å². The minimum Gasteiger partial charge on any atom is -0.358 e. The van der Waals surface area contributed by atoms with Crippen LogP contribution in [-0.4, -0.2) is 0 Å². The first-order valence-corrected chi connectivity index (χ1v) is 0.707. The van der Waals surface area contributed by atoms with Crippen molar-refractivity contribution < 1.29 is 21.7 Å². The van der Waals surface area contributed by atoms with Crippen molar-refractivity contribution in [2.24, 2.45) is 0 Å². The van der Waals surface area contributed by atoms with Crippen LogP contribution in [0.25, 0.3) is 0 Å². The van der Waals surface area contributed by atoms with Gasteiger partial charge in [0.05, 0.1) is 0 Å². The summed E-state index contributed by atoms with van der Waals surface area (Å²) >= 11 is 0. The number of rotatable bonds is 0. The van der Waals surface area contributed by atoms with Crippen molar-refractivity contribution in [2.75, 3.05) is 0 Å². The molecule has 0 spiro atoms. The standard InChI is InChI=1S/C2H5.3CH3.Ti/c1-2;;;;/h1H2,2H3;3*1H3;/q4*-1;+4. The molecular formula is C5H14Ti. The van der Waals surface area contributed by atoms with Gasteiger partial charge in [0, 0.05) is 0 Å². The summed E-state index contributed by atoms with van der Waals surface area (Å²) in [4.78, 5) is 0. The van der Waals surface area contributed by atoms with Crippen LogP contribution in [0.3, 0.4) is 0 Å². The van der Waals surface area contributed by atoms with Crippen molar-refractivity contribution in [3.05, 3.63) is 29.2 Å². The maximum Gasteiger partial charge on any atom is 4.00 e. The summed E-state index contributed by atoms with van der Waals surface area (Å²) in [6, 6.07) is 0. The molecule has 0 aromatic heterocycles. The molecule has 0 aliphatic heterocycles. The summed E-state index contributed by atoms with van der Waals surface area (Å²) in [5.74, 6) is 0. The van der Waals surface area contributed by atoms with E-state index in [9.17, 15) is 0 Å². The average molecular weight is 122 g/mol. The molecule has 0 radical (unpaired) electrons. The summed E-state index contributed by atoms with van der Waals surface area (Å²) in [7, 11) is 0. The second-order valence-corrected chi connectivity index (χ2v) is 0. The van der Waals surface area contributed by atoms with E-state index >= 15 is 0 Å². The zero-order chi connectivity index (χ0) is 2.00. The zero-order valence-electron chi connectivity index (χ0n) is 5.21. The van der Waals surface area contributed by atoms with Gasteiger partial charge < -0.3 is 29.2 Å². The van der Waals surface area contributed by atoms with Crippen molar-refractivity contribution >= 4 is 0 Å². The normalized spacial score (nSPS) is 1.00.